The third-order valence-electron chi connectivity index (χ3n) is 1.29. The Morgan fingerprint density at radius 3 is 1.44 bits per heavy atom. The zero-order chi connectivity index (χ0) is 13.4. The highest BCUT2D eigenvalue weighted by Crippen LogP contribution is 1.83. The Labute approximate surface area is 117 Å². The van der Waals surface area contributed by atoms with Gasteiger partial charge in [0, 0.05) is 20.8 Å². The fraction of sp³-hybridized carbons (Fsp3) is 1.00. The molecule has 0 aromatic carbocycles. The van der Waals surface area contributed by atoms with Gasteiger partial charge < -0.3 is 14.8 Å². The van der Waals surface area contributed by atoms with E-state index in [0.29, 0.717) is 6.73 Å². The van der Waals surface area contributed by atoms with Gasteiger partial charge in [0.25, 0.3) is 0 Å². The van der Waals surface area contributed by atoms with Gasteiger partial charge in [0.2, 0.25) is 0 Å². The zero-order valence-corrected chi connectivity index (χ0v) is 12.5. The molecule has 0 amide bonds. The molecule has 4 nitrogen and oxygen atoms in total. The van der Waals surface area contributed by atoms with E-state index in [1.54, 1.807) is 14.2 Å². The van der Waals surface area contributed by atoms with Crippen molar-refractivity contribution in [2.24, 2.45) is 5.92 Å². The second-order valence-electron chi connectivity index (χ2n) is 4.03. The second kappa shape index (κ2) is 30.1. The molecule has 0 saturated heterocycles. The van der Waals surface area contributed by atoms with E-state index < -0.39 is 0 Å². The topological polar surface area (TPSA) is 33.7 Å². The largest absolute Gasteiger partial charge is 0.385 e. The lowest BCUT2D eigenvalue weighted by atomic mass is 10.2. The van der Waals surface area contributed by atoms with Crippen LogP contribution in [-0.2, 0) is 9.47 Å². The molecule has 0 spiro atoms. The zero-order valence-electron chi connectivity index (χ0n) is 12.5. The maximum atomic E-state index is 4.73. The van der Waals surface area contributed by atoms with Crippen LogP contribution < -0.4 is 5.32 Å². The Bertz CT molecular complexity index is 87.8. The standard InChI is InChI=1S/C5H13N.C4H11NO.C3H8O.2CH4/c2*1-5(2)4-6-3;1-3-4-2;;/h5-6H,4H2,1-3H3;4H2,1-3H3;3H2,1-2H3;2*1H4. The third kappa shape index (κ3) is 74.6. The first-order valence-electron chi connectivity index (χ1n) is 5.73. The first kappa shape index (κ1) is 30.7. The van der Waals surface area contributed by atoms with Crippen LogP contribution >= 0.6 is 0 Å². The summed E-state index contributed by atoms with van der Waals surface area (Å²) in [5, 5.41) is 3.07. The van der Waals surface area contributed by atoms with E-state index in [1.165, 1.54) is 0 Å². The summed E-state index contributed by atoms with van der Waals surface area (Å²) in [4.78, 5) is 1.96. The minimum absolute atomic E-state index is 0. The van der Waals surface area contributed by atoms with E-state index in [4.69, 9.17) is 4.74 Å². The maximum absolute atomic E-state index is 4.73. The molecule has 0 heterocycles. The number of rotatable bonds is 5. The van der Waals surface area contributed by atoms with Crippen LogP contribution in [0.2, 0.25) is 0 Å². The van der Waals surface area contributed by atoms with Crippen LogP contribution in [0.15, 0.2) is 0 Å². The average Bonchev–Trinajstić information content (AvgIpc) is 2.18. The fourth-order valence-electron chi connectivity index (χ4n) is 0.666. The van der Waals surface area contributed by atoms with Gasteiger partial charge in [-0.1, -0.05) is 28.7 Å². The molecule has 1 N–H and O–H groups in total. The van der Waals surface area contributed by atoms with Crippen molar-refractivity contribution in [2.45, 2.75) is 35.6 Å². The summed E-state index contributed by atoms with van der Waals surface area (Å²) in [6.07, 6.45) is 0. The van der Waals surface area contributed by atoms with Crippen molar-refractivity contribution in [3.63, 3.8) is 0 Å². The number of hydrogen-bond acceptors (Lipinski definition) is 4. The van der Waals surface area contributed by atoms with Crippen molar-refractivity contribution in [3.8, 4) is 0 Å². The van der Waals surface area contributed by atoms with Gasteiger partial charge in [-0.15, -0.1) is 0 Å². The maximum Gasteiger partial charge on any atom is 0.0981 e. The highest BCUT2D eigenvalue weighted by Gasteiger charge is 1.84. The SMILES string of the molecule is C.C.CCOC.CNCC(C)C.COCN(C)C. The van der Waals surface area contributed by atoms with E-state index in [-0.39, 0.29) is 14.9 Å². The first-order chi connectivity index (χ1) is 7.45. The van der Waals surface area contributed by atoms with Gasteiger partial charge in [0.15, 0.2) is 0 Å². The summed E-state index contributed by atoms with van der Waals surface area (Å²) < 4.78 is 9.27. The van der Waals surface area contributed by atoms with Crippen molar-refractivity contribution in [1.82, 2.24) is 10.2 Å². The highest BCUT2D eigenvalue weighted by molar-refractivity contribution is 4.42. The van der Waals surface area contributed by atoms with E-state index in [2.05, 4.69) is 23.9 Å². The number of nitrogens with zero attached hydrogens (tertiary/aromatic N) is 1. The third-order valence-corrected chi connectivity index (χ3v) is 1.29. The molecule has 0 aliphatic carbocycles. The number of methoxy groups -OCH3 is 2. The Balaban J connectivity index is -0.0000000454. The van der Waals surface area contributed by atoms with Gasteiger partial charge in [-0.05, 0) is 40.5 Å². The number of ether oxygens (including phenoxy) is 2. The van der Waals surface area contributed by atoms with E-state index in [1.807, 2.05) is 33.0 Å². The van der Waals surface area contributed by atoms with Crippen LogP contribution in [0, 0.1) is 5.92 Å². The monoisotopic (exact) mass is 268 g/mol. The highest BCUT2D eigenvalue weighted by atomic mass is 16.5. The fourth-order valence-corrected chi connectivity index (χ4v) is 0.666. The van der Waals surface area contributed by atoms with Gasteiger partial charge in [0.1, 0.15) is 0 Å². The Hall–Kier alpha value is -0.160. The van der Waals surface area contributed by atoms with E-state index in [0.717, 1.165) is 19.1 Å². The van der Waals surface area contributed by atoms with Gasteiger partial charge in [0.05, 0.1) is 6.73 Å². The molecule has 4 heteroatoms. The molecule has 0 saturated carbocycles. The van der Waals surface area contributed by atoms with Crippen LogP contribution in [0.3, 0.4) is 0 Å². The quantitative estimate of drug-likeness (QED) is 0.777. The van der Waals surface area contributed by atoms with Crippen molar-refractivity contribution < 1.29 is 9.47 Å². The second-order valence-corrected chi connectivity index (χ2v) is 4.03. The predicted octanol–water partition coefficient (Wildman–Crippen LogP) is 2.94. The summed E-state index contributed by atoms with van der Waals surface area (Å²) in [6.45, 7) is 8.99. The first-order valence-corrected chi connectivity index (χ1v) is 5.73. The molecule has 0 radical (unpaired) electrons. The van der Waals surface area contributed by atoms with Crippen molar-refractivity contribution in [3.05, 3.63) is 0 Å². The molecule has 0 aromatic heterocycles. The molecule has 0 rings (SSSR count). The lowest BCUT2D eigenvalue weighted by molar-refractivity contribution is 0.0994. The molecule has 0 aromatic rings. The smallest absolute Gasteiger partial charge is 0.0981 e. The molecule has 18 heavy (non-hydrogen) atoms. The lowest BCUT2D eigenvalue weighted by Crippen LogP contribution is -2.13. The van der Waals surface area contributed by atoms with Gasteiger partial charge in [-0.25, -0.2) is 0 Å². The van der Waals surface area contributed by atoms with E-state index >= 15 is 0 Å². The molecule has 118 valence electrons. The molecule has 0 aliphatic heterocycles. The Kier molecular flexibility index (Phi) is 51.4. The van der Waals surface area contributed by atoms with Crippen LogP contribution in [0.4, 0.5) is 0 Å². The average molecular weight is 268 g/mol. The van der Waals surface area contributed by atoms with Crippen molar-refractivity contribution in [1.29, 1.82) is 0 Å². The normalized spacial score (nSPS) is 8.33. The molecule has 0 atom stereocenters. The summed E-state index contributed by atoms with van der Waals surface area (Å²) in [5.41, 5.74) is 0. The summed E-state index contributed by atoms with van der Waals surface area (Å²) in [6, 6.07) is 0. The van der Waals surface area contributed by atoms with Crippen LogP contribution in [0.25, 0.3) is 0 Å². The summed E-state index contributed by atoms with van der Waals surface area (Å²) in [5.74, 6) is 0.787. The van der Waals surface area contributed by atoms with Gasteiger partial charge >= 0.3 is 0 Å². The summed E-state index contributed by atoms with van der Waals surface area (Å²) >= 11 is 0. The van der Waals surface area contributed by atoms with Crippen molar-refractivity contribution >= 4 is 0 Å². The lowest BCUT2D eigenvalue weighted by Gasteiger charge is -2.04. The molecule has 0 unspecified atom stereocenters. The predicted molar refractivity (Wildman–Crippen MR) is 85.3 cm³/mol. The minimum atomic E-state index is 0. The van der Waals surface area contributed by atoms with E-state index in [9.17, 15) is 0 Å². The van der Waals surface area contributed by atoms with Crippen LogP contribution in [0.5, 0.6) is 0 Å². The number of hydrogen-bond donors (Lipinski definition) is 1. The molecule has 0 fully saturated rings. The number of nitrogens with one attached hydrogen (secondary N) is 1. The van der Waals surface area contributed by atoms with Crippen molar-refractivity contribution in [2.75, 3.05) is 55.2 Å². The van der Waals surface area contributed by atoms with Crippen LogP contribution in [-0.4, -0.2) is 60.1 Å². The molecule has 0 aliphatic rings. The molecular weight excluding hydrogens is 228 g/mol. The summed E-state index contributed by atoms with van der Waals surface area (Å²) in [7, 11) is 9.26. The Morgan fingerprint density at radius 2 is 1.44 bits per heavy atom. The Morgan fingerprint density at radius 1 is 1.06 bits per heavy atom. The van der Waals surface area contributed by atoms with Gasteiger partial charge in [-0.2, -0.15) is 0 Å². The molecular formula is C14H40N2O2. The van der Waals surface area contributed by atoms with Crippen LogP contribution in [0.1, 0.15) is 35.6 Å². The minimum Gasteiger partial charge on any atom is -0.385 e. The molecule has 0 bridgehead atoms. The van der Waals surface area contributed by atoms with Gasteiger partial charge in [-0.3, -0.25) is 4.90 Å².